The van der Waals surface area contributed by atoms with Gasteiger partial charge in [-0.25, -0.2) is 0 Å². The van der Waals surface area contributed by atoms with E-state index in [2.05, 4.69) is 4.74 Å². The molecule has 3 atom stereocenters. The number of aliphatic hydroxyl groups is 4. The summed E-state index contributed by atoms with van der Waals surface area (Å²) >= 11 is 0. The van der Waals surface area contributed by atoms with E-state index in [1.54, 1.807) is 0 Å². The van der Waals surface area contributed by atoms with Crippen LogP contribution < -0.4 is 0 Å². The van der Waals surface area contributed by atoms with Crippen LogP contribution in [0.4, 0.5) is 0 Å². The lowest BCUT2D eigenvalue weighted by Crippen LogP contribution is -2.38. The second kappa shape index (κ2) is 7.29. The first-order valence-corrected chi connectivity index (χ1v) is 4.71. The van der Waals surface area contributed by atoms with Crippen LogP contribution in [0, 0.1) is 0 Å². The van der Waals surface area contributed by atoms with Crippen LogP contribution in [0.1, 0.15) is 13.3 Å². The molecule has 7 nitrogen and oxygen atoms in total. The van der Waals surface area contributed by atoms with Gasteiger partial charge in [0.15, 0.2) is 6.61 Å². The third-order valence-corrected chi connectivity index (χ3v) is 1.72. The van der Waals surface area contributed by atoms with Crippen molar-refractivity contribution in [2.75, 3.05) is 13.2 Å². The fourth-order valence-electron chi connectivity index (χ4n) is 0.852. The second-order valence-corrected chi connectivity index (χ2v) is 3.37. The number of hydrogen-bond acceptors (Lipinski definition) is 7. The lowest BCUT2D eigenvalue weighted by atomic mass is 10.1. The van der Waals surface area contributed by atoms with Crippen LogP contribution in [0.5, 0.6) is 0 Å². The molecule has 0 radical (unpaired) electrons. The molecule has 94 valence electrons. The third-order valence-electron chi connectivity index (χ3n) is 1.72. The van der Waals surface area contributed by atoms with Gasteiger partial charge in [0.1, 0.15) is 12.2 Å². The molecule has 0 bridgehead atoms. The minimum absolute atomic E-state index is 0.258. The average Bonchev–Trinajstić information content (AvgIpc) is 2.22. The number of esters is 1. The van der Waals surface area contributed by atoms with Gasteiger partial charge in [-0.05, 0) is 6.92 Å². The van der Waals surface area contributed by atoms with Crippen molar-refractivity contribution in [3.63, 3.8) is 0 Å². The zero-order chi connectivity index (χ0) is 12.7. The number of hydrogen-bond donors (Lipinski definition) is 4. The number of ketones is 1. The van der Waals surface area contributed by atoms with Crippen molar-refractivity contribution < 1.29 is 34.8 Å². The molecular formula is C9H16O7. The molecule has 0 aliphatic rings. The van der Waals surface area contributed by atoms with Gasteiger partial charge in [-0.3, -0.25) is 9.59 Å². The number of aliphatic hydroxyl groups excluding tert-OH is 4. The number of rotatable bonds is 7. The van der Waals surface area contributed by atoms with Crippen molar-refractivity contribution in [3.05, 3.63) is 0 Å². The van der Waals surface area contributed by atoms with Crippen LogP contribution in [-0.2, 0) is 14.3 Å². The highest BCUT2D eigenvalue weighted by molar-refractivity contribution is 5.86. The molecule has 16 heavy (non-hydrogen) atoms. The minimum atomic E-state index is -1.79. The molecule has 0 rings (SSSR count). The van der Waals surface area contributed by atoms with Crippen molar-refractivity contribution in [1.82, 2.24) is 0 Å². The Balaban J connectivity index is 3.93. The van der Waals surface area contributed by atoms with Gasteiger partial charge in [-0.15, -0.1) is 0 Å². The molecule has 4 N–H and O–H groups in total. The molecule has 0 aromatic heterocycles. The van der Waals surface area contributed by atoms with Gasteiger partial charge >= 0.3 is 5.97 Å². The zero-order valence-electron chi connectivity index (χ0n) is 8.87. The molecule has 0 aromatic rings. The van der Waals surface area contributed by atoms with Crippen molar-refractivity contribution >= 4 is 11.8 Å². The summed E-state index contributed by atoms with van der Waals surface area (Å²) in [6.45, 7) is -0.0915. The number of Topliss-reactive ketones (excluding diaryl/α,β-unsaturated/α-hetero) is 1. The van der Waals surface area contributed by atoms with Gasteiger partial charge in [-0.2, -0.15) is 0 Å². The van der Waals surface area contributed by atoms with Gasteiger partial charge in [0, 0.05) is 0 Å². The normalized spacial score (nSPS) is 16.3. The molecule has 0 aromatic carbocycles. The van der Waals surface area contributed by atoms with Crippen LogP contribution in [0.2, 0.25) is 0 Å². The van der Waals surface area contributed by atoms with E-state index in [4.69, 9.17) is 20.4 Å². The van der Waals surface area contributed by atoms with Crippen LogP contribution in [0.25, 0.3) is 0 Å². The summed E-state index contributed by atoms with van der Waals surface area (Å²) < 4.78 is 4.43. The Morgan fingerprint density at radius 1 is 1.25 bits per heavy atom. The lowest BCUT2D eigenvalue weighted by molar-refractivity contribution is -0.154. The lowest BCUT2D eigenvalue weighted by Gasteiger charge is -2.14. The molecule has 0 saturated heterocycles. The summed E-state index contributed by atoms with van der Waals surface area (Å²) in [5.41, 5.74) is 0. The first kappa shape index (κ1) is 15.0. The first-order chi connectivity index (χ1) is 7.38. The SMILES string of the molecule is CC(O)CC(=O)OCC(=O)[C@H](O)[C@H](O)CO. The van der Waals surface area contributed by atoms with E-state index in [-0.39, 0.29) is 6.42 Å². The van der Waals surface area contributed by atoms with Gasteiger partial charge < -0.3 is 25.2 Å². The summed E-state index contributed by atoms with van der Waals surface area (Å²) in [6, 6.07) is 0. The maximum atomic E-state index is 11.1. The third kappa shape index (κ3) is 5.76. The predicted octanol–water partition coefficient (Wildman–Crippen LogP) is -2.42. The Bertz CT molecular complexity index is 238. The Hall–Kier alpha value is -1.02. The minimum Gasteiger partial charge on any atom is -0.457 e. The topological polar surface area (TPSA) is 124 Å². The van der Waals surface area contributed by atoms with E-state index in [9.17, 15) is 9.59 Å². The van der Waals surface area contributed by atoms with Crippen molar-refractivity contribution in [1.29, 1.82) is 0 Å². The molecule has 7 heteroatoms. The molecule has 0 aliphatic carbocycles. The fraction of sp³-hybridized carbons (Fsp3) is 0.778. The molecular weight excluding hydrogens is 220 g/mol. The van der Waals surface area contributed by atoms with Crippen molar-refractivity contribution in [3.8, 4) is 0 Å². The number of ether oxygens (including phenoxy) is 1. The summed E-state index contributed by atoms with van der Waals surface area (Å²) in [7, 11) is 0. The maximum absolute atomic E-state index is 11.1. The predicted molar refractivity (Wildman–Crippen MR) is 51.4 cm³/mol. The monoisotopic (exact) mass is 236 g/mol. The van der Waals surface area contributed by atoms with E-state index in [1.165, 1.54) is 6.92 Å². The highest BCUT2D eigenvalue weighted by Gasteiger charge is 2.24. The van der Waals surface area contributed by atoms with E-state index in [0.717, 1.165) is 0 Å². The molecule has 0 amide bonds. The van der Waals surface area contributed by atoms with Gasteiger partial charge in [-0.1, -0.05) is 0 Å². The highest BCUT2D eigenvalue weighted by Crippen LogP contribution is 1.98. The summed E-state index contributed by atoms with van der Waals surface area (Å²) in [4.78, 5) is 22.0. The highest BCUT2D eigenvalue weighted by atomic mass is 16.5. The summed E-state index contributed by atoms with van der Waals surface area (Å²) in [5, 5.41) is 35.2. The van der Waals surface area contributed by atoms with Gasteiger partial charge in [0.25, 0.3) is 0 Å². The second-order valence-electron chi connectivity index (χ2n) is 3.37. The van der Waals surface area contributed by atoms with E-state index < -0.39 is 43.3 Å². The molecule has 0 aliphatic heterocycles. The maximum Gasteiger partial charge on any atom is 0.308 e. The number of carbonyl (C=O) groups excluding carboxylic acids is 2. The fourth-order valence-corrected chi connectivity index (χ4v) is 0.852. The van der Waals surface area contributed by atoms with E-state index >= 15 is 0 Å². The molecule has 0 fully saturated rings. The molecule has 0 spiro atoms. The molecule has 1 unspecified atom stereocenters. The van der Waals surface area contributed by atoms with Crippen LogP contribution in [0.15, 0.2) is 0 Å². The van der Waals surface area contributed by atoms with Crippen LogP contribution in [-0.4, -0.2) is 63.7 Å². The smallest absolute Gasteiger partial charge is 0.308 e. The average molecular weight is 236 g/mol. The Morgan fingerprint density at radius 3 is 2.25 bits per heavy atom. The van der Waals surface area contributed by atoms with Crippen molar-refractivity contribution in [2.45, 2.75) is 31.7 Å². The van der Waals surface area contributed by atoms with Crippen LogP contribution in [0.3, 0.4) is 0 Å². The molecule has 0 heterocycles. The Kier molecular flexibility index (Phi) is 6.82. The molecule has 0 saturated carbocycles. The standard InChI is InChI=1S/C9H16O7/c1-5(11)2-8(14)16-4-7(13)9(15)6(12)3-10/h5-6,9-12,15H,2-4H2,1H3/t5?,6-,9-/m1/s1. The van der Waals surface area contributed by atoms with Gasteiger partial charge in [0.05, 0.1) is 19.1 Å². The number of carbonyl (C=O) groups is 2. The van der Waals surface area contributed by atoms with E-state index in [0.29, 0.717) is 0 Å². The summed E-state index contributed by atoms with van der Waals surface area (Å²) in [6.07, 6.45) is -4.52. The Morgan fingerprint density at radius 2 is 1.81 bits per heavy atom. The van der Waals surface area contributed by atoms with E-state index in [1.807, 2.05) is 0 Å². The summed E-state index contributed by atoms with van der Waals surface area (Å²) in [5.74, 6) is -1.70. The van der Waals surface area contributed by atoms with Crippen LogP contribution >= 0.6 is 0 Å². The Labute approximate surface area is 92.3 Å². The first-order valence-electron chi connectivity index (χ1n) is 4.71. The van der Waals surface area contributed by atoms with Crippen molar-refractivity contribution in [2.24, 2.45) is 0 Å². The largest absolute Gasteiger partial charge is 0.457 e. The zero-order valence-corrected chi connectivity index (χ0v) is 8.87. The van der Waals surface area contributed by atoms with Gasteiger partial charge in [0.2, 0.25) is 5.78 Å². The quantitative estimate of drug-likeness (QED) is 0.363.